The van der Waals surface area contributed by atoms with Crippen molar-refractivity contribution in [1.82, 2.24) is 4.98 Å². The predicted molar refractivity (Wildman–Crippen MR) is 56.6 cm³/mol. The highest BCUT2D eigenvalue weighted by Crippen LogP contribution is 2.14. The number of nitrogens with zero attached hydrogens (tertiary/aromatic N) is 1. The van der Waals surface area contributed by atoms with E-state index >= 15 is 0 Å². The van der Waals surface area contributed by atoms with Crippen LogP contribution in [0.15, 0.2) is 12.1 Å². The quantitative estimate of drug-likeness (QED) is 0.778. The van der Waals surface area contributed by atoms with Crippen molar-refractivity contribution in [2.75, 3.05) is 0 Å². The molecule has 0 radical (unpaired) electrons. The van der Waals surface area contributed by atoms with E-state index in [4.69, 9.17) is 28.9 Å². The van der Waals surface area contributed by atoms with Gasteiger partial charge in [-0.05, 0) is 12.1 Å². The third-order valence-corrected chi connectivity index (χ3v) is 1.43. The van der Waals surface area contributed by atoms with Crippen LogP contribution in [0.25, 0.3) is 0 Å². The fourth-order valence-electron chi connectivity index (χ4n) is 0.621. The van der Waals surface area contributed by atoms with E-state index in [-0.39, 0.29) is 24.8 Å². The minimum Gasteiger partial charge on any atom is -0.325 e. The van der Waals surface area contributed by atoms with Gasteiger partial charge in [0.15, 0.2) is 0 Å². The van der Waals surface area contributed by atoms with Gasteiger partial charge < -0.3 is 5.73 Å². The van der Waals surface area contributed by atoms with Gasteiger partial charge in [-0.3, -0.25) is 0 Å². The Morgan fingerprint density at radius 2 is 1.83 bits per heavy atom. The zero-order valence-electron chi connectivity index (χ0n) is 5.96. The second kappa shape index (κ2) is 6.75. The lowest BCUT2D eigenvalue weighted by Crippen LogP contribution is -1.98. The van der Waals surface area contributed by atoms with Gasteiger partial charge in [-0.15, -0.1) is 24.8 Å². The first kappa shape index (κ1) is 14.8. The summed E-state index contributed by atoms with van der Waals surface area (Å²) in [6, 6.07) is 3.26. The third-order valence-electron chi connectivity index (χ3n) is 1.02. The molecule has 0 aliphatic heterocycles. The van der Waals surface area contributed by atoms with Crippen LogP contribution in [0.3, 0.4) is 0 Å². The molecule has 0 saturated carbocycles. The maximum Gasteiger partial charge on any atom is 0.130 e. The summed E-state index contributed by atoms with van der Waals surface area (Å²) in [6.07, 6.45) is 0. The molecule has 0 bridgehead atoms. The summed E-state index contributed by atoms with van der Waals surface area (Å²) < 4.78 is 0. The second-order valence-electron chi connectivity index (χ2n) is 1.80. The average molecular weight is 250 g/mol. The van der Waals surface area contributed by atoms with Crippen LogP contribution < -0.4 is 5.73 Å². The van der Waals surface area contributed by atoms with Gasteiger partial charge in [-0.2, -0.15) is 0 Å². The molecule has 1 aromatic rings. The van der Waals surface area contributed by atoms with Crippen molar-refractivity contribution in [3.63, 3.8) is 0 Å². The number of rotatable bonds is 1. The van der Waals surface area contributed by atoms with Crippen molar-refractivity contribution in [1.29, 1.82) is 0 Å². The molecule has 0 fully saturated rings. The molecule has 2 nitrogen and oxygen atoms in total. The van der Waals surface area contributed by atoms with Crippen molar-refractivity contribution in [3.8, 4) is 0 Å². The van der Waals surface area contributed by atoms with Crippen molar-refractivity contribution >= 4 is 48.0 Å². The summed E-state index contributed by atoms with van der Waals surface area (Å²) in [6.45, 7) is 0.361. The van der Waals surface area contributed by atoms with E-state index in [1.165, 1.54) is 0 Å². The van der Waals surface area contributed by atoms with E-state index in [1.807, 2.05) is 0 Å². The van der Waals surface area contributed by atoms with E-state index in [0.717, 1.165) is 0 Å². The standard InChI is InChI=1S/C6H6Cl2N2.2ClH/c7-4-1-5(3-9)10-6(8)2-4;;/h1-2H,3,9H2;2*1H. The highest BCUT2D eigenvalue weighted by molar-refractivity contribution is 6.33. The minimum absolute atomic E-state index is 0. The van der Waals surface area contributed by atoms with E-state index in [0.29, 0.717) is 22.4 Å². The largest absolute Gasteiger partial charge is 0.325 e. The maximum absolute atomic E-state index is 5.65. The van der Waals surface area contributed by atoms with Gasteiger partial charge in [0.05, 0.1) is 5.69 Å². The third kappa shape index (κ3) is 4.33. The maximum atomic E-state index is 5.65. The lowest BCUT2D eigenvalue weighted by atomic mass is 10.3. The van der Waals surface area contributed by atoms with Crippen LogP contribution in [0.4, 0.5) is 0 Å². The molecular formula is C6H8Cl4N2. The molecular weight excluding hydrogens is 242 g/mol. The molecule has 6 heteroatoms. The van der Waals surface area contributed by atoms with E-state index in [2.05, 4.69) is 4.98 Å². The molecule has 0 aliphatic rings. The van der Waals surface area contributed by atoms with Crippen molar-refractivity contribution in [3.05, 3.63) is 28.0 Å². The molecule has 2 N–H and O–H groups in total. The molecule has 0 atom stereocenters. The van der Waals surface area contributed by atoms with Crippen LogP contribution in [-0.2, 0) is 6.54 Å². The SMILES string of the molecule is Cl.Cl.NCc1cc(Cl)cc(Cl)n1. The predicted octanol–water partition coefficient (Wildman–Crippen LogP) is 2.69. The topological polar surface area (TPSA) is 38.9 Å². The molecule has 1 aromatic heterocycles. The van der Waals surface area contributed by atoms with Gasteiger partial charge >= 0.3 is 0 Å². The fraction of sp³-hybridized carbons (Fsp3) is 0.167. The molecule has 0 amide bonds. The first-order chi connectivity index (χ1) is 4.72. The van der Waals surface area contributed by atoms with Crippen LogP contribution in [0.5, 0.6) is 0 Å². The molecule has 0 unspecified atom stereocenters. The number of pyridine rings is 1. The van der Waals surface area contributed by atoms with Crippen LogP contribution in [0.2, 0.25) is 10.2 Å². The van der Waals surface area contributed by atoms with E-state index in [1.54, 1.807) is 12.1 Å². The second-order valence-corrected chi connectivity index (χ2v) is 2.63. The summed E-state index contributed by atoms with van der Waals surface area (Å²) in [7, 11) is 0. The Morgan fingerprint density at radius 1 is 1.25 bits per heavy atom. The first-order valence-electron chi connectivity index (χ1n) is 2.74. The van der Waals surface area contributed by atoms with Crippen LogP contribution in [0, 0.1) is 0 Å². The molecule has 0 saturated heterocycles. The van der Waals surface area contributed by atoms with Crippen LogP contribution in [0.1, 0.15) is 5.69 Å². The number of halogens is 4. The zero-order chi connectivity index (χ0) is 7.56. The van der Waals surface area contributed by atoms with Crippen molar-refractivity contribution < 1.29 is 0 Å². The first-order valence-corrected chi connectivity index (χ1v) is 3.50. The number of hydrogen-bond acceptors (Lipinski definition) is 2. The smallest absolute Gasteiger partial charge is 0.130 e. The van der Waals surface area contributed by atoms with E-state index in [9.17, 15) is 0 Å². The Hall–Kier alpha value is 0.270. The Morgan fingerprint density at radius 3 is 2.25 bits per heavy atom. The van der Waals surface area contributed by atoms with Gasteiger partial charge in [0.25, 0.3) is 0 Å². The Balaban J connectivity index is 0. The summed E-state index contributed by atoms with van der Waals surface area (Å²) in [5.41, 5.74) is 6.01. The van der Waals surface area contributed by atoms with Gasteiger partial charge in [0.2, 0.25) is 0 Å². The summed E-state index contributed by atoms with van der Waals surface area (Å²) in [5.74, 6) is 0. The molecule has 0 aromatic carbocycles. The van der Waals surface area contributed by atoms with Gasteiger partial charge in [-0.1, -0.05) is 23.2 Å². The molecule has 1 rings (SSSR count). The van der Waals surface area contributed by atoms with Gasteiger partial charge in [0.1, 0.15) is 5.15 Å². The normalized spacial score (nSPS) is 8.25. The number of hydrogen-bond donors (Lipinski definition) is 1. The summed E-state index contributed by atoms with van der Waals surface area (Å²) in [4.78, 5) is 3.91. The Kier molecular flexibility index (Phi) is 8.31. The molecule has 70 valence electrons. The summed E-state index contributed by atoms with van der Waals surface area (Å²) in [5, 5.41) is 0.952. The fourth-order valence-corrected chi connectivity index (χ4v) is 1.13. The van der Waals surface area contributed by atoms with Gasteiger partial charge in [-0.25, -0.2) is 4.98 Å². The highest BCUT2D eigenvalue weighted by atomic mass is 35.5. The lowest BCUT2D eigenvalue weighted by Gasteiger charge is -1.96. The molecule has 0 aliphatic carbocycles. The monoisotopic (exact) mass is 248 g/mol. The summed E-state index contributed by atoms with van der Waals surface area (Å²) >= 11 is 11.2. The molecule has 1 heterocycles. The molecule has 0 spiro atoms. The Bertz CT molecular complexity index is 221. The van der Waals surface area contributed by atoms with Crippen molar-refractivity contribution in [2.24, 2.45) is 5.73 Å². The highest BCUT2D eigenvalue weighted by Gasteiger charge is 1.95. The molecule has 12 heavy (non-hydrogen) atoms. The van der Waals surface area contributed by atoms with Gasteiger partial charge in [0, 0.05) is 11.6 Å². The number of aromatic nitrogens is 1. The average Bonchev–Trinajstić information content (AvgIpc) is 1.85. The zero-order valence-corrected chi connectivity index (χ0v) is 9.10. The van der Waals surface area contributed by atoms with Crippen LogP contribution >= 0.6 is 48.0 Å². The lowest BCUT2D eigenvalue weighted by molar-refractivity contribution is 0.991. The van der Waals surface area contributed by atoms with E-state index < -0.39 is 0 Å². The Labute approximate surface area is 93.3 Å². The number of nitrogens with two attached hydrogens (primary N) is 1. The van der Waals surface area contributed by atoms with Crippen LogP contribution in [-0.4, -0.2) is 4.98 Å². The minimum atomic E-state index is 0. The van der Waals surface area contributed by atoms with Crippen molar-refractivity contribution in [2.45, 2.75) is 6.54 Å².